The second-order valence-corrected chi connectivity index (χ2v) is 13.7. The van der Waals surface area contributed by atoms with Crippen LogP contribution in [0.3, 0.4) is 0 Å². The maximum atomic E-state index is 12.6. The molecule has 6 heteroatoms. The van der Waals surface area contributed by atoms with Gasteiger partial charge in [0.15, 0.2) is 0 Å². The summed E-state index contributed by atoms with van der Waals surface area (Å²) in [5.41, 5.74) is -0.619. The molecule has 0 N–H and O–H groups in total. The van der Waals surface area contributed by atoms with Crippen molar-refractivity contribution < 1.29 is 28.5 Å². The van der Waals surface area contributed by atoms with Gasteiger partial charge in [-0.15, -0.1) is 0 Å². The molecule has 16 atom stereocenters. The van der Waals surface area contributed by atoms with Crippen LogP contribution in [0.15, 0.2) is 12.2 Å². The van der Waals surface area contributed by atoms with Crippen molar-refractivity contribution in [2.24, 2.45) is 71.0 Å². The molecule has 0 aromatic heterocycles. The second-order valence-electron chi connectivity index (χ2n) is 13.7. The molecule has 7 fully saturated rings. The fourth-order valence-corrected chi connectivity index (χ4v) is 11.3. The van der Waals surface area contributed by atoms with Crippen molar-refractivity contribution in [3.05, 3.63) is 12.2 Å². The molecule has 0 amide bonds. The SMILES string of the molecule is CC(=O)OC1C2CC(C1OC(=O)OC(C)(C)C)C1C3OC(C21)C1C2CC(C4C5C=CC(C5)C24)C31. The first-order valence-electron chi connectivity index (χ1n) is 13.6. The third-order valence-corrected chi connectivity index (χ3v) is 11.5. The van der Waals surface area contributed by atoms with Gasteiger partial charge in [-0.1, -0.05) is 12.2 Å². The summed E-state index contributed by atoms with van der Waals surface area (Å²) in [5.74, 6) is 7.33. The molecule has 6 aliphatic carbocycles. The van der Waals surface area contributed by atoms with E-state index >= 15 is 0 Å². The number of carbonyl (C=O) groups excluding carboxylic acids is 2. The van der Waals surface area contributed by atoms with E-state index in [9.17, 15) is 9.59 Å². The average Bonchev–Trinajstić information content (AvgIpc) is 3.56. The number of fused-ring (bicyclic) bond motifs is 23. The van der Waals surface area contributed by atoms with E-state index in [1.54, 1.807) is 0 Å². The molecule has 2 heterocycles. The summed E-state index contributed by atoms with van der Waals surface area (Å²) < 4.78 is 24.1. The van der Waals surface area contributed by atoms with Gasteiger partial charge in [0.1, 0.15) is 17.8 Å². The van der Waals surface area contributed by atoms with Crippen molar-refractivity contribution in [3.8, 4) is 0 Å². The number of hydrogen-bond donors (Lipinski definition) is 0. The number of allylic oxidation sites excluding steroid dienone is 2. The average molecular weight is 469 g/mol. The van der Waals surface area contributed by atoms with E-state index < -0.39 is 17.9 Å². The molecule has 0 aromatic carbocycles. The Morgan fingerprint density at radius 3 is 1.76 bits per heavy atom. The van der Waals surface area contributed by atoms with Crippen molar-refractivity contribution in [1.29, 1.82) is 0 Å². The van der Waals surface area contributed by atoms with E-state index in [4.69, 9.17) is 18.9 Å². The minimum absolute atomic E-state index is 0.192. The minimum atomic E-state index is -0.655. The molecule has 8 rings (SSSR count). The molecule has 6 nitrogen and oxygen atoms in total. The number of carbonyl (C=O) groups is 2. The summed E-state index contributed by atoms with van der Waals surface area (Å²) >= 11 is 0. The van der Waals surface area contributed by atoms with Gasteiger partial charge in [-0.3, -0.25) is 4.79 Å². The van der Waals surface area contributed by atoms with Crippen LogP contribution in [0.2, 0.25) is 0 Å². The van der Waals surface area contributed by atoms with Crippen LogP contribution >= 0.6 is 0 Å². The molecule has 0 aromatic rings. The highest BCUT2D eigenvalue weighted by Crippen LogP contribution is 2.77. The zero-order valence-corrected chi connectivity index (χ0v) is 20.5. The lowest BCUT2D eigenvalue weighted by Crippen LogP contribution is -2.55. The molecule has 5 saturated carbocycles. The second kappa shape index (κ2) is 6.41. The number of hydrogen-bond acceptors (Lipinski definition) is 6. The van der Waals surface area contributed by atoms with Gasteiger partial charge in [0.05, 0.1) is 12.2 Å². The number of ether oxygens (including phenoxy) is 4. The largest absolute Gasteiger partial charge is 0.509 e. The highest BCUT2D eigenvalue weighted by Gasteiger charge is 2.79. The number of esters is 1. The summed E-state index contributed by atoms with van der Waals surface area (Å²) in [6, 6.07) is 0. The molecule has 0 spiro atoms. The normalized spacial score (nSPS) is 58.2. The van der Waals surface area contributed by atoms with Crippen LogP contribution in [0.4, 0.5) is 4.79 Å². The van der Waals surface area contributed by atoms with Crippen LogP contribution in [0.25, 0.3) is 0 Å². The zero-order valence-electron chi connectivity index (χ0n) is 20.5. The maximum absolute atomic E-state index is 12.6. The Bertz CT molecular complexity index is 982. The van der Waals surface area contributed by atoms with Crippen LogP contribution in [0.5, 0.6) is 0 Å². The molecule has 16 unspecified atom stereocenters. The summed E-state index contributed by atoms with van der Waals surface area (Å²) in [7, 11) is 0. The first-order chi connectivity index (χ1) is 16.2. The fourth-order valence-electron chi connectivity index (χ4n) is 11.3. The predicted molar refractivity (Wildman–Crippen MR) is 120 cm³/mol. The first-order valence-corrected chi connectivity index (χ1v) is 13.6. The van der Waals surface area contributed by atoms with E-state index in [1.807, 2.05) is 20.8 Å². The lowest BCUT2D eigenvalue weighted by atomic mass is 9.55. The van der Waals surface area contributed by atoms with E-state index in [0.29, 0.717) is 29.8 Å². The molecule has 0 radical (unpaired) electrons. The highest BCUT2D eigenvalue weighted by molar-refractivity contribution is 5.66. The summed E-state index contributed by atoms with van der Waals surface area (Å²) in [4.78, 5) is 24.7. The lowest BCUT2D eigenvalue weighted by Gasteiger charge is -2.49. The van der Waals surface area contributed by atoms with Gasteiger partial charge in [-0.05, 0) is 99.2 Å². The third kappa shape index (κ3) is 2.42. The molecular formula is C28H36O6. The monoisotopic (exact) mass is 468 g/mol. The van der Waals surface area contributed by atoms with Crippen molar-refractivity contribution in [2.75, 3.05) is 0 Å². The molecule has 8 aliphatic rings. The van der Waals surface area contributed by atoms with Gasteiger partial charge >= 0.3 is 12.1 Å². The summed E-state index contributed by atoms with van der Waals surface area (Å²) in [5, 5.41) is 0. The van der Waals surface area contributed by atoms with Crippen molar-refractivity contribution >= 4 is 12.1 Å². The van der Waals surface area contributed by atoms with Crippen LogP contribution in [0, 0.1) is 71.0 Å². The molecule has 184 valence electrons. The Morgan fingerprint density at radius 2 is 1.24 bits per heavy atom. The topological polar surface area (TPSA) is 71.1 Å². The van der Waals surface area contributed by atoms with Crippen LogP contribution in [-0.4, -0.2) is 42.1 Å². The van der Waals surface area contributed by atoms with Gasteiger partial charge in [0.25, 0.3) is 0 Å². The molecule has 2 aliphatic heterocycles. The Hall–Kier alpha value is -1.56. The van der Waals surface area contributed by atoms with E-state index in [-0.39, 0.29) is 30.0 Å². The van der Waals surface area contributed by atoms with E-state index in [1.165, 1.54) is 19.8 Å². The Labute approximate surface area is 201 Å². The van der Waals surface area contributed by atoms with Crippen molar-refractivity contribution in [2.45, 2.75) is 77.0 Å². The summed E-state index contributed by atoms with van der Waals surface area (Å²) in [6.07, 6.45) is 7.91. The first kappa shape index (κ1) is 20.6. The van der Waals surface area contributed by atoms with Crippen molar-refractivity contribution in [1.82, 2.24) is 0 Å². The standard InChI is InChI=1S/C28H36O6/c1-10(29)31-23-15-9-16(24(23)33-27(30)34-28(2,3)4)22-21(15)25-19-13-8-14(20(19)26(22)32-25)18-12-6-5-11(7-12)17(13)18/h5-6,11-26H,7-9H2,1-4H3. The quantitative estimate of drug-likeness (QED) is 0.343. The van der Waals surface area contributed by atoms with Crippen LogP contribution in [0.1, 0.15) is 47.0 Å². The van der Waals surface area contributed by atoms with Gasteiger partial charge in [0, 0.05) is 18.8 Å². The van der Waals surface area contributed by atoms with Crippen molar-refractivity contribution in [3.63, 3.8) is 0 Å². The summed E-state index contributed by atoms with van der Waals surface area (Å²) in [6.45, 7) is 6.98. The van der Waals surface area contributed by atoms with E-state index in [0.717, 1.165) is 41.9 Å². The highest BCUT2D eigenvalue weighted by atomic mass is 16.7. The van der Waals surface area contributed by atoms with Gasteiger partial charge in [-0.2, -0.15) is 0 Å². The predicted octanol–water partition coefficient (Wildman–Crippen LogP) is 4.22. The smallest absolute Gasteiger partial charge is 0.458 e. The van der Waals surface area contributed by atoms with Crippen LogP contribution in [-0.2, 0) is 23.7 Å². The maximum Gasteiger partial charge on any atom is 0.509 e. The van der Waals surface area contributed by atoms with Gasteiger partial charge in [0.2, 0.25) is 0 Å². The number of rotatable bonds is 2. The molecular weight excluding hydrogens is 432 g/mol. The Balaban J connectivity index is 1.10. The third-order valence-electron chi connectivity index (χ3n) is 11.5. The van der Waals surface area contributed by atoms with Gasteiger partial charge < -0.3 is 18.9 Å². The zero-order chi connectivity index (χ0) is 23.3. The van der Waals surface area contributed by atoms with Gasteiger partial charge in [-0.25, -0.2) is 4.79 Å². The fraction of sp³-hybridized carbons (Fsp3) is 0.857. The Morgan fingerprint density at radius 1 is 0.735 bits per heavy atom. The van der Waals surface area contributed by atoms with E-state index in [2.05, 4.69) is 12.2 Å². The van der Waals surface area contributed by atoms with Crippen LogP contribution < -0.4 is 0 Å². The molecule has 34 heavy (non-hydrogen) atoms. The molecule has 8 bridgehead atoms. The lowest BCUT2D eigenvalue weighted by molar-refractivity contribution is -0.165. The molecule has 2 saturated heterocycles. The Kier molecular flexibility index (Phi) is 3.88. The minimum Gasteiger partial charge on any atom is -0.458 e.